The quantitative estimate of drug-likeness (QED) is 0.775. The van der Waals surface area contributed by atoms with Crippen molar-refractivity contribution in [2.45, 2.75) is 31.6 Å². The highest BCUT2D eigenvalue weighted by Crippen LogP contribution is 2.22. The van der Waals surface area contributed by atoms with E-state index >= 15 is 0 Å². The number of nitrogens with zero attached hydrogens (tertiary/aromatic N) is 1. The Bertz CT molecular complexity index is 688. The maximum atomic E-state index is 12.6. The van der Waals surface area contributed by atoms with Gasteiger partial charge in [-0.15, -0.1) is 0 Å². The first-order valence-electron chi connectivity index (χ1n) is 8.33. The fraction of sp³-hybridized carbons (Fsp3) is 0.588. The molecule has 0 bridgehead atoms. The number of carbonyl (C=O) groups excluding carboxylic acids is 1. The van der Waals surface area contributed by atoms with Crippen LogP contribution in [0.25, 0.3) is 0 Å². The largest absolute Gasteiger partial charge is 0.383 e. The Morgan fingerprint density at radius 2 is 2.08 bits per heavy atom. The first kappa shape index (κ1) is 20.2. The number of carbonyl (C=O) groups is 1. The van der Waals surface area contributed by atoms with Crippen LogP contribution in [0.4, 0.5) is 0 Å². The molecule has 140 valence electrons. The molecule has 6 nitrogen and oxygen atoms in total. The van der Waals surface area contributed by atoms with Crippen molar-refractivity contribution in [1.82, 2.24) is 9.62 Å². The molecular formula is C17H25ClN2O4S. The predicted octanol–water partition coefficient (Wildman–Crippen LogP) is 2.03. The van der Waals surface area contributed by atoms with Crippen LogP contribution in [-0.2, 0) is 25.3 Å². The van der Waals surface area contributed by atoms with E-state index < -0.39 is 10.0 Å². The molecule has 1 atom stereocenters. The first-order valence-corrected chi connectivity index (χ1v) is 10.3. The van der Waals surface area contributed by atoms with Crippen molar-refractivity contribution in [2.24, 2.45) is 5.92 Å². The van der Waals surface area contributed by atoms with Crippen molar-refractivity contribution in [2.75, 3.05) is 26.8 Å². The zero-order valence-corrected chi connectivity index (χ0v) is 16.1. The lowest BCUT2D eigenvalue weighted by Gasteiger charge is -2.31. The summed E-state index contributed by atoms with van der Waals surface area (Å²) in [5.74, 6) is -0.261. The van der Waals surface area contributed by atoms with Crippen LogP contribution in [0.3, 0.4) is 0 Å². The van der Waals surface area contributed by atoms with E-state index in [-0.39, 0.29) is 23.6 Å². The molecule has 25 heavy (non-hydrogen) atoms. The maximum Gasteiger partial charge on any atom is 0.223 e. The number of halogens is 1. The van der Waals surface area contributed by atoms with E-state index in [0.29, 0.717) is 43.1 Å². The van der Waals surface area contributed by atoms with Gasteiger partial charge in [0.1, 0.15) is 0 Å². The molecule has 1 N–H and O–H groups in total. The topological polar surface area (TPSA) is 75.7 Å². The number of ether oxygens (including phenoxy) is 1. The number of nitrogens with one attached hydrogen (secondary N) is 1. The molecule has 0 radical (unpaired) electrons. The minimum Gasteiger partial charge on any atom is -0.383 e. The van der Waals surface area contributed by atoms with E-state index in [4.69, 9.17) is 16.3 Å². The van der Waals surface area contributed by atoms with Crippen LogP contribution in [0.1, 0.15) is 25.3 Å². The molecule has 0 unspecified atom stereocenters. The molecule has 0 aromatic heterocycles. The summed E-state index contributed by atoms with van der Waals surface area (Å²) in [6.45, 7) is 3.06. The summed E-state index contributed by atoms with van der Waals surface area (Å²) in [6, 6.07) is 6.82. The Balaban J connectivity index is 1.89. The zero-order chi connectivity index (χ0) is 18.4. The highest BCUT2D eigenvalue weighted by atomic mass is 35.5. The Labute approximate surface area is 154 Å². The average molecular weight is 389 g/mol. The second-order valence-electron chi connectivity index (χ2n) is 6.42. The van der Waals surface area contributed by atoms with E-state index in [0.717, 1.165) is 0 Å². The summed E-state index contributed by atoms with van der Waals surface area (Å²) in [6.07, 6.45) is 1.06. The summed E-state index contributed by atoms with van der Waals surface area (Å²) in [5, 5.41) is 3.43. The van der Waals surface area contributed by atoms with Crippen LogP contribution >= 0.6 is 11.6 Å². The zero-order valence-electron chi connectivity index (χ0n) is 14.6. The van der Waals surface area contributed by atoms with Crippen LogP contribution in [0.2, 0.25) is 5.02 Å². The minimum absolute atomic E-state index is 0.0311. The van der Waals surface area contributed by atoms with Crippen LogP contribution in [0.15, 0.2) is 24.3 Å². The fourth-order valence-corrected chi connectivity index (χ4v) is 4.74. The normalized spacial score (nSPS) is 18.0. The molecule has 0 saturated carbocycles. The van der Waals surface area contributed by atoms with Gasteiger partial charge in [-0.2, -0.15) is 0 Å². The molecule has 1 fully saturated rings. The number of benzene rings is 1. The van der Waals surface area contributed by atoms with Gasteiger partial charge in [-0.05, 0) is 37.5 Å². The molecule has 1 aliphatic rings. The first-order chi connectivity index (χ1) is 11.8. The second kappa shape index (κ2) is 8.98. The van der Waals surface area contributed by atoms with Crippen LogP contribution < -0.4 is 5.32 Å². The van der Waals surface area contributed by atoms with Crippen molar-refractivity contribution in [3.05, 3.63) is 34.9 Å². The van der Waals surface area contributed by atoms with Gasteiger partial charge in [0, 0.05) is 37.2 Å². The molecule has 2 rings (SSSR count). The van der Waals surface area contributed by atoms with Crippen molar-refractivity contribution < 1.29 is 17.9 Å². The molecule has 0 spiro atoms. The molecule has 1 heterocycles. The molecule has 1 amide bonds. The summed E-state index contributed by atoms with van der Waals surface area (Å²) < 4.78 is 31.6. The average Bonchev–Trinajstić information content (AvgIpc) is 2.54. The standard InChI is InChI=1S/C17H25ClN2O4S/c1-13(11-24-2)19-17(21)15-6-8-20(9-7-15)25(22,23)12-14-4-3-5-16(18)10-14/h3-5,10,13,15H,6-9,11-12H2,1-2H3,(H,19,21)/t13-/m1/s1. The van der Waals surface area contributed by atoms with Crippen LogP contribution in [0.5, 0.6) is 0 Å². The number of rotatable bonds is 7. The van der Waals surface area contributed by atoms with Crippen molar-refractivity contribution >= 4 is 27.5 Å². The summed E-state index contributed by atoms with van der Waals surface area (Å²) in [5.41, 5.74) is 0.667. The molecule has 1 aromatic carbocycles. The molecule has 0 aliphatic carbocycles. The molecule has 8 heteroatoms. The lowest BCUT2D eigenvalue weighted by atomic mass is 9.97. The number of piperidine rings is 1. The van der Waals surface area contributed by atoms with Gasteiger partial charge in [0.25, 0.3) is 0 Å². The molecule has 1 saturated heterocycles. The van der Waals surface area contributed by atoms with Gasteiger partial charge >= 0.3 is 0 Å². The fourth-order valence-electron chi connectivity index (χ4n) is 2.98. The Morgan fingerprint density at radius 3 is 2.68 bits per heavy atom. The smallest absolute Gasteiger partial charge is 0.223 e. The molecule has 1 aromatic rings. The Hall–Kier alpha value is -1.15. The number of hydrogen-bond donors (Lipinski definition) is 1. The molecular weight excluding hydrogens is 364 g/mol. The Kier molecular flexibility index (Phi) is 7.25. The number of methoxy groups -OCH3 is 1. The monoisotopic (exact) mass is 388 g/mol. The van der Waals surface area contributed by atoms with Crippen molar-refractivity contribution in [3.8, 4) is 0 Å². The highest BCUT2D eigenvalue weighted by Gasteiger charge is 2.31. The van der Waals surface area contributed by atoms with Gasteiger partial charge in [0.2, 0.25) is 15.9 Å². The van der Waals surface area contributed by atoms with Crippen molar-refractivity contribution in [3.63, 3.8) is 0 Å². The summed E-state index contributed by atoms with van der Waals surface area (Å²) in [4.78, 5) is 12.2. The Morgan fingerprint density at radius 1 is 1.40 bits per heavy atom. The third-order valence-electron chi connectivity index (χ3n) is 4.26. The van der Waals surface area contributed by atoms with Crippen LogP contribution in [0, 0.1) is 5.92 Å². The highest BCUT2D eigenvalue weighted by molar-refractivity contribution is 7.88. The third-order valence-corrected chi connectivity index (χ3v) is 6.35. The van der Waals surface area contributed by atoms with Gasteiger partial charge in [-0.25, -0.2) is 12.7 Å². The van der Waals surface area contributed by atoms with Gasteiger partial charge in [0.15, 0.2) is 0 Å². The maximum absolute atomic E-state index is 12.6. The number of amides is 1. The van der Waals surface area contributed by atoms with Crippen LogP contribution in [-0.4, -0.2) is 51.5 Å². The lowest BCUT2D eigenvalue weighted by molar-refractivity contribution is -0.127. The predicted molar refractivity (Wildman–Crippen MR) is 97.9 cm³/mol. The van der Waals surface area contributed by atoms with Gasteiger partial charge in [-0.1, -0.05) is 23.7 Å². The lowest BCUT2D eigenvalue weighted by Crippen LogP contribution is -2.45. The van der Waals surface area contributed by atoms with Gasteiger partial charge in [-0.3, -0.25) is 4.79 Å². The van der Waals surface area contributed by atoms with E-state index in [1.807, 2.05) is 6.92 Å². The summed E-state index contributed by atoms with van der Waals surface area (Å²) >= 11 is 5.92. The molecule has 1 aliphatic heterocycles. The van der Waals surface area contributed by atoms with Crippen molar-refractivity contribution in [1.29, 1.82) is 0 Å². The SMILES string of the molecule is COC[C@@H](C)NC(=O)C1CCN(S(=O)(=O)Cc2cccc(Cl)c2)CC1. The van der Waals surface area contributed by atoms with Gasteiger partial charge < -0.3 is 10.1 Å². The number of sulfonamides is 1. The second-order valence-corrected chi connectivity index (χ2v) is 8.83. The number of hydrogen-bond acceptors (Lipinski definition) is 4. The van der Waals surface area contributed by atoms with E-state index in [2.05, 4.69) is 5.32 Å². The van der Waals surface area contributed by atoms with Gasteiger partial charge in [0.05, 0.1) is 12.4 Å². The third kappa shape index (κ3) is 5.95. The van der Waals surface area contributed by atoms with E-state index in [1.165, 1.54) is 4.31 Å². The van der Waals surface area contributed by atoms with E-state index in [1.54, 1.807) is 31.4 Å². The van der Waals surface area contributed by atoms with E-state index in [9.17, 15) is 13.2 Å². The summed E-state index contributed by atoms with van der Waals surface area (Å²) in [7, 11) is -1.82. The minimum atomic E-state index is -3.41.